The molecule has 31 heavy (non-hydrogen) atoms. The van der Waals surface area contributed by atoms with Crippen LogP contribution in [0, 0.1) is 5.92 Å². The number of nitrogens with one attached hydrogen (secondary N) is 2. The van der Waals surface area contributed by atoms with Crippen molar-refractivity contribution in [3.05, 3.63) is 71.4 Å². The third kappa shape index (κ3) is 4.07. The van der Waals surface area contributed by atoms with E-state index in [1.165, 1.54) is 27.6 Å². The molecule has 1 aliphatic carbocycles. The molecule has 1 amide bonds. The Balaban J connectivity index is 1.20. The highest BCUT2D eigenvalue weighted by Gasteiger charge is 2.39. The number of aromatic nitrogens is 1. The van der Waals surface area contributed by atoms with Gasteiger partial charge in [-0.05, 0) is 56.0 Å². The number of likely N-dealkylation sites (tertiary alicyclic amines) is 1. The van der Waals surface area contributed by atoms with Crippen molar-refractivity contribution in [3.63, 3.8) is 0 Å². The van der Waals surface area contributed by atoms with Gasteiger partial charge in [0, 0.05) is 47.6 Å². The molecule has 1 saturated heterocycles. The highest BCUT2D eigenvalue weighted by atomic mass is 16.5. The Morgan fingerprint density at radius 1 is 1.23 bits per heavy atom. The molecule has 1 aliphatic heterocycles. The summed E-state index contributed by atoms with van der Waals surface area (Å²) in [6.07, 6.45) is 4.81. The molecule has 2 N–H and O–H groups in total. The van der Waals surface area contributed by atoms with Gasteiger partial charge in [-0.2, -0.15) is 0 Å². The van der Waals surface area contributed by atoms with E-state index in [1.807, 2.05) is 25.1 Å². The van der Waals surface area contributed by atoms with Gasteiger partial charge in [0.15, 0.2) is 0 Å². The van der Waals surface area contributed by atoms with Gasteiger partial charge in [0.2, 0.25) is 0 Å². The maximum Gasteiger partial charge on any atom is 0.407 e. The Bertz CT molecular complexity index is 1060. The minimum absolute atomic E-state index is 0.0382. The zero-order valence-electron chi connectivity index (χ0n) is 18.3. The Morgan fingerprint density at radius 3 is 2.90 bits per heavy atom. The number of carbonyl (C=O) groups excluding carboxylic acids is 1. The van der Waals surface area contributed by atoms with Gasteiger partial charge in [0.1, 0.15) is 0 Å². The molecule has 2 unspecified atom stereocenters. The van der Waals surface area contributed by atoms with E-state index in [4.69, 9.17) is 4.74 Å². The third-order valence-corrected chi connectivity index (χ3v) is 7.01. The molecule has 5 nitrogen and oxygen atoms in total. The van der Waals surface area contributed by atoms with Gasteiger partial charge in [0.05, 0.1) is 6.61 Å². The summed E-state index contributed by atoms with van der Waals surface area (Å²) >= 11 is 0. The first-order valence-corrected chi connectivity index (χ1v) is 11.3. The highest BCUT2D eigenvalue weighted by molar-refractivity contribution is 5.88. The minimum Gasteiger partial charge on any atom is -0.449 e. The lowest BCUT2D eigenvalue weighted by atomic mass is 9.72. The molecule has 162 valence electrons. The lowest BCUT2D eigenvalue weighted by Gasteiger charge is -2.45. The molecule has 1 fully saturated rings. The normalized spacial score (nSPS) is 23.9. The molecule has 1 aromatic heterocycles. The van der Waals surface area contributed by atoms with E-state index in [2.05, 4.69) is 58.8 Å². The number of piperidine rings is 1. The number of nitrogens with zero attached hydrogens (tertiary/aromatic N) is 1. The lowest BCUT2D eigenvalue weighted by Crippen LogP contribution is -2.49. The molecule has 0 radical (unpaired) electrons. The number of rotatable bonds is 5. The van der Waals surface area contributed by atoms with Gasteiger partial charge in [-0.25, -0.2) is 4.79 Å². The Morgan fingerprint density at radius 2 is 2.06 bits per heavy atom. The van der Waals surface area contributed by atoms with Crippen LogP contribution in [0.25, 0.3) is 10.9 Å². The summed E-state index contributed by atoms with van der Waals surface area (Å²) in [5.74, 6) is 0.830. The molecule has 0 bridgehead atoms. The van der Waals surface area contributed by atoms with Crippen molar-refractivity contribution in [2.45, 2.75) is 44.2 Å². The second-order valence-electron chi connectivity index (χ2n) is 9.34. The first kappa shape index (κ1) is 20.1. The summed E-state index contributed by atoms with van der Waals surface area (Å²) in [7, 11) is 2.21. The van der Waals surface area contributed by atoms with Crippen LogP contribution in [-0.2, 0) is 17.6 Å². The van der Waals surface area contributed by atoms with Gasteiger partial charge in [-0.1, -0.05) is 42.5 Å². The fourth-order valence-electron chi connectivity index (χ4n) is 5.63. The van der Waals surface area contributed by atoms with Gasteiger partial charge in [0.25, 0.3) is 0 Å². The summed E-state index contributed by atoms with van der Waals surface area (Å²) in [4.78, 5) is 18.3. The van der Waals surface area contributed by atoms with E-state index in [0.29, 0.717) is 24.5 Å². The fraction of sp³-hybridized carbons (Fsp3) is 0.423. The number of hydrogen-bond acceptors (Lipinski definition) is 3. The zero-order valence-corrected chi connectivity index (χ0v) is 18.3. The standard InChI is InChI=1S/C26H31N3O2/c1-17(11-18-7-4-3-5-8-18)28-26(30)31-16-19-12-22-21-9-6-10-23-25(21)20(14-27-23)13-24(22)29(2)15-19/h3-10,14,17,19,22,24,27H,11-13,15-16H2,1-2H3,(H,28,30)/t17?,19?,22-,24-/m0/s1. The molecule has 5 rings (SSSR count). The smallest absolute Gasteiger partial charge is 0.407 e. The van der Waals surface area contributed by atoms with Crippen molar-refractivity contribution in [2.75, 3.05) is 20.2 Å². The second kappa shape index (κ2) is 8.39. The van der Waals surface area contributed by atoms with Crippen LogP contribution in [-0.4, -0.2) is 48.3 Å². The number of alkyl carbamates (subject to hydrolysis) is 1. The number of amides is 1. The molecule has 0 spiro atoms. The van der Waals surface area contributed by atoms with Gasteiger partial charge in [-0.15, -0.1) is 0 Å². The summed E-state index contributed by atoms with van der Waals surface area (Å²) in [6.45, 7) is 3.45. The molecular formula is C26H31N3O2. The van der Waals surface area contributed by atoms with Crippen LogP contribution < -0.4 is 5.32 Å². The van der Waals surface area contributed by atoms with Crippen molar-refractivity contribution in [3.8, 4) is 0 Å². The van der Waals surface area contributed by atoms with E-state index < -0.39 is 0 Å². The number of benzene rings is 2. The molecule has 2 heterocycles. The second-order valence-corrected chi connectivity index (χ2v) is 9.34. The summed E-state index contributed by atoms with van der Waals surface area (Å²) < 4.78 is 5.66. The van der Waals surface area contributed by atoms with Crippen LogP contribution in [0.2, 0.25) is 0 Å². The Labute approximate surface area is 183 Å². The van der Waals surface area contributed by atoms with Crippen molar-refractivity contribution in [1.82, 2.24) is 15.2 Å². The van der Waals surface area contributed by atoms with Gasteiger partial charge >= 0.3 is 6.09 Å². The molecule has 5 heteroatoms. The van der Waals surface area contributed by atoms with E-state index in [9.17, 15) is 4.79 Å². The van der Waals surface area contributed by atoms with Crippen LogP contribution in [0.1, 0.15) is 36.0 Å². The van der Waals surface area contributed by atoms with Gasteiger partial charge in [-0.3, -0.25) is 0 Å². The van der Waals surface area contributed by atoms with E-state index in [0.717, 1.165) is 25.8 Å². The summed E-state index contributed by atoms with van der Waals surface area (Å²) in [5.41, 5.74) is 5.33. The maximum atomic E-state index is 12.4. The van der Waals surface area contributed by atoms with Crippen molar-refractivity contribution >= 4 is 17.0 Å². The van der Waals surface area contributed by atoms with Gasteiger partial charge < -0.3 is 19.9 Å². The summed E-state index contributed by atoms with van der Waals surface area (Å²) in [5, 5.41) is 4.39. The number of hydrogen-bond donors (Lipinski definition) is 2. The first-order chi connectivity index (χ1) is 15.1. The average molecular weight is 418 g/mol. The molecule has 2 aromatic carbocycles. The van der Waals surface area contributed by atoms with Crippen LogP contribution in [0.5, 0.6) is 0 Å². The number of ether oxygens (including phenoxy) is 1. The Kier molecular flexibility index (Phi) is 5.45. The quantitative estimate of drug-likeness (QED) is 0.643. The largest absolute Gasteiger partial charge is 0.449 e. The summed E-state index contributed by atoms with van der Waals surface area (Å²) in [6, 6.07) is 17.4. The molecule has 0 saturated carbocycles. The van der Waals surface area contributed by atoms with Crippen LogP contribution in [0.15, 0.2) is 54.7 Å². The number of carbonyl (C=O) groups is 1. The lowest BCUT2D eigenvalue weighted by molar-refractivity contribution is 0.0613. The fourth-order valence-corrected chi connectivity index (χ4v) is 5.63. The third-order valence-electron chi connectivity index (χ3n) is 7.01. The van der Waals surface area contributed by atoms with E-state index >= 15 is 0 Å². The predicted molar refractivity (Wildman–Crippen MR) is 123 cm³/mol. The number of likely N-dealkylation sites (N-methyl/N-ethyl adjacent to an activating group) is 1. The predicted octanol–water partition coefficient (Wildman–Crippen LogP) is 4.49. The maximum absolute atomic E-state index is 12.4. The zero-order chi connectivity index (χ0) is 21.4. The number of fused-ring (bicyclic) bond motifs is 2. The topological polar surface area (TPSA) is 57.4 Å². The number of H-pyrrole nitrogens is 1. The van der Waals surface area contributed by atoms with Crippen LogP contribution >= 0.6 is 0 Å². The van der Waals surface area contributed by atoms with Crippen molar-refractivity contribution in [2.24, 2.45) is 5.92 Å². The number of aromatic amines is 1. The molecule has 4 atom stereocenters. The van der Waals surface area contributed by atoms with Crippen LogP contribution in [0.4, 0.5) is 4.79 Å². The molecular weight excluding hydrogens is 386 g/mol. The highest BCUT2D eigenvalue weighted by Crippen LogP contribution is 2.44. The molecule has 3 aromatic rings. The minimum atomic E-state index is -0.313. The Hall–Kier alpha value is -2.79. The monoisotopic (exact) mass is 417 g/mol. The van der Waals surface area contributed by atoms with Crippen LogP contribution in [0.3, 0.4) is 0 Å². The molecule has 2 aliphatic rings. The van der Waals surface area contributed by atoms with E-state index in [-0.39, 0.29) is 12.1 Å². The van der Waals surface area contributed by atoms with Crippen molar-refractivity contribution in [1.29, 1.82) is 0 Å². The van der Waals surface area contributed by atoms with Crippen molar-refractivity contribution < 1.29 is 9.53 Å². The average Bonchev–Trinajstić information content (AvgIpc) is 3.18. The first-order valence-electron chi connectivity index (χ1n) is 11.3. The SMILES string of the molecule is CC(Cc1ccccc1)NC(=O)OCC1C[C@H]2c3cccc4[nH]cc(c34)C[C@@H]2N(C)C1. The van der Waals surface area contributed by atoms with E-state index in [1.54, 1.807) is 0 Å².